The highest BCUT2D eigenvalue weighted by Gasteiger charge is 2.41. The topological polar surface area (TPSA) is 60.2 Å². The van der Waals surface area contributed by atoms with Crippen molar-refractivity contribution in [2.75, 3.05) is 7.05 Å². The highest BCUT2D eigenvalue weighted by Crippen LogP contribution is 2.39. The summed E-state index contributed by atoms with van der Waals surface area (Å²) in [6, 6.07) is 0.0848. The maximum absolute atomic E-state index is 5.79. The van der Waals surface area contributed by atoms with Gasteiger partial charge in [0.2, 0.25) is 11.8 Å². The van der Waals surface area contributed by atoms with Crippen molar-refractivity contribution < 1.29 is 9.15 Å². The van der Waals surface area contributed by atoms with Crippen molar-refractivity contribution in [3.63, 3.8) is 0 Å². The SMILES string of the molecule is CNC(C)c1nnc(C2C(C)OC(C)C2C)o1. The second kappa shape index (κ2) is 4.74. The molecule has 1 aromatic rings. The number of ether oxygens (including phenoxy) is 1. The molecule has 0 bridgehead atoms. The van der Waals surface area contributed by atoms with Crippen LogP contribution in [0.25, 0.3) is 0 Å². The minimum Gasteiger partial charge on any atom is -0.423 e. The summed E-state index contributed by atoms with van der Waals surface area (Å²) in [6.07, 6.45) is 0.380. The fraction of sp³-hybridized carbons (Fsp3) is 0.833. The van der Waals surface area contributed by atoms with Gasteiger partial charge in [-0.2, -0.15) is 0 Å². The molecule has 1 fully saturated rings. The van der Waals surface area contributed by atoms with Crippen LogP contribution in [-0.2, 0) is 4.74 Å². The molecule has 5 atom stereocenters. The van der Waals surface area contributed by atoms with Crippen molar-refractivity contribution in [1.29, 1.82) is 0 Å². The summed E-state index contributed by atoms with van der Waals surface area (Å²) in [6.45, 7) is 8.33. The summed E-state index contributed by atoms with van der Waals surface area (Å²) in [7, 11) is 1.88. The number of rotatable bonds is 3. The van der Waals surface area contributed by atoms with Gasteiger partial charge in [-0.1, -0.05) is 6.92 Å². The molecule has 1 aromatic heterocycles. The van der Waals surface area contributed by atoms with Gasteiger partial charge in [0.05, 0.1) is 24.2 Å². The van der Waals surface area contributed by atoms with Crippen molar-refractivity contribution in [3.05, 3.63) is 11.8 Å². The second-order valence-corrected chi connectivity index (χ2v) is 4.92. The van der Waals surface area contributed by atoms with E-state index < -0.39 is 0 Å². The van der Waals surface area contributed by atoms with Crippen molar-refractivity contribution in [3.8, 4) is 0 Å². The lowest BCUT2D eigenvalue weighted by atomic mass is 9.89. The average molecular weight is 239 g/mol. The maximum Gasteiger partial charge on any atom is 0.233 e. The number of hydrogen-bond donors (Lipinski definition) is 1. The molecule has 2 heterocycles. The molecule has 0 saturated carbocycles. The Balaban J connectivity index is 2.20. The van der Waals surface area contributed by atoms with Crippen molar-refractivity contribution >= 4 is 0 Å². The predicted octanol–water partition coefficient (Wildman–Crippen LogP) is 1.88. The highest BCUT2D eigenvalue weighted by molar-refractivity contribution is 5.03. The van der Waals surface area contributed by atoms with E-state index in [9.17, 15) is 0 Å². The molecular weight excluding hydrogens is 218 g/mol. The van der Waals surface area contributed by atoms with Gasteiger partial charge < -0.3 is 14.5 Å². The number of nitrogens with zero attached hydrogens (tertiary/aromatic N) is 2. The molecule has 0 spiro atoms. The zero-order valence-electron chi connectivity index (χ0n) is 11.1. The van der Waals surface area contributed by atoms with E-state index in [0.29, 0.717) is 17.7 Å². The number of nitrogens with one attached hydrogen (secondary N) is 1. The summed E-state index contributed by atoms with van der Waals surface area (Å²) in [5, 5.41) is 11.3. The van der Waals surface area contributed by atoms with E-state index in [1.807, 2.05) is 14.0 Å². The van der Waals surface area contributed by atoms with Crippen LogP contribution in [0.2, 0.25) is 0 Å². The first-order chi connectivity index (χ1) is 8.04. The Bertz CT molecular complexity index is 380. The van der Waals surface area contributed by atoms with E-state index in [2.05, 4.69) is 36.3 Å². The third-order valence-electron chi connectivity index (χ3n) is 3.79. The molecule has 1 N–H and O–H groups in total. The third-order valence-corrected chi connectivity index (χ3v) is 3.79. The predicted molar refractivity (Wildman–Crippen MR) is 63.7 cm³/mol. The van der Waals surface area contributed by atoms with E-state index in [1.54, 1.807) is 0 Å². The summed E-state index contributed by atoms with van der Waals surface area (Å²) in [5.41, 5.74) is 0. The Labute approximate surface area is 102 Å². The third kappa shape index (κ3) is 2.21. The first-order valence-electron chi connectivity index (χ1n) is 6.20. The van der Waals surface area contributed by atoms with Crippen LogP contribution < -0.4 is 5.32 Å². The van der Waals surface area contributed by atoms with Crippen LogP contribution in [0, 0.1) is 5.92 Å². The molecule has 96 valence electrons. The molecule has 17 heavy (non-hydrogen) atoms. The molecule has 1 saturated heterocycles. The normalized spacial score (nSPS) is 35.1. The fourth-order valence-corrected chi connectivity index (χ4v) is 2.37. The summed E-state index contributed by atoms with van der Waals surface area (Å²) >= 11 is 0. The van der Waals surface area contributed by atoms with E-state index in [-0.39, 0.29) is 24.2 Å². The summed E-state index contributed by atoms with van der Waals surface area (Å²) in [4.78, 5) is 0. The lowest BCUT2D eigenvalue weighted by Gasteiger charge is -2.13. The molecule has 5 nitrogen and oxygen atoms in total. The number of hydrogen-bond acceptors (Lipinski definition) is 5. The van der Waals surface area contributed by atoms with Crippen molar-refractivity contribution in [2.24, 2.45) is 5.92 Å². The molecule has 0 radical (unpaired) electrons. The first kappa shape index (κ1) is 12.5. The molecule has 0 amide bonds. The molecule has 1 aliphatic rings. The van der Waals surface area contributed by atoms with E-state index >= 15 is 0 Å². The van der Waals surface area contributed by atoms with Crippen LogP contribution in [0.3, 0.4) is 0 Å². The van der Waals surface area contributed by atoms with Gasteiger partial charge in [-0.15, -0.1) is 10.2 Å². The Hall–Kier alpha value is -0.940. The minimum atomic E-state index is 0.0848. The molecular formula is C12H21N3O2. The Kier molecular flexibility index (Phi) is 3.49. The average Bonchev–Trinajstić information content (AvgIpc) is 2.85. The molecule has 0 aromatic carbocycles. The summed E-state index contributed by atoms with van der Waals surface area (Å²) in [5.74, 6) is 1.95. The molecule has 5 heteroatoms. The standard InChI is InChI=1S/C12H21N3O2/c1-6-8(3)16-9(4)10(6)12-15-14-11(17-12)7(2)13-5/h6-10,13H,1-5H3. The van der Waals surface area contributed by atoms with Crippen LogP contribution in [0.15, 0.2) is 4.42 Å². The fourth-order valence-electron chi connectivity index (χ4n) is 2.37. The smallest absolute Gasteiger partial charge is 0.233 e. The van der Waals surface area contributed by atoms with Gasteiger partial charge in [-0.25, -0.2) is 0 Å². The largest absolute Gasteiger partial charge is 0.423 e. The van der Waals surface area contributed by atoms with E-state index in [0.717, 1.165) is 0 Å². The maximum atomic E-state index is 5.79. The van der Waals surface area contributed by atoms with Gasteiger partial charge in [-0.3, -0.25) is 0 Å². The Morgan fingerprint density at radius 3 is 2.41 bits per heavy atom. The van der Waals surface area contributed by atoms with Crippen LogP contribution in [0.1, 0.15) is 51.4 Å². The minimum absolute atomic E-state index is 0.0848. The van der Waals surface area contributed by atoms with Crippen LogP contribution in [-0.4, -0.2) is 29.5 Å². The van der Waals surface area contributed by atoms with Gasteiger partial charge in [0.15, 0.2) is 0 Å². The van der Waals surface area contributed by atoms with Crippen molar-refractivity contribution in [2.45, 2.75) is 51.9 Å². The Morgan fingerprint density at radius 2 is 1.88 bits per heavy atom. The highest BCUT2D eigenvalue weighted by atomic mass is 16.5. The lowest BCUT2D eigenvalue weighted by molar-refractivity contribution is 0.0544. The first-order valence-corrected chi connectivity index (χ1v) is 6.20. The van der Waals surface area contributed by atoms with Gasteiger partial charge in [0.1, 0.15) is 0 Å². The molecule has 1 aliphatic heterocycles. The zero-order valence-corrected chi connectivity index (χ0v) is 11.1. The van der Waals surface area contributed by atoms with Crippen LogP contribution >= 0.6 is 0 Å². The van der Waals surface area contributed by atoms with Gasteiger partial charge in [-0.05, 0) is 33.7 Å². The number of aromatic nitrogens is 2. The zero-order chi connectivity index (χ0) is 12.6. The second-order valence-electron chi connectivity index (χ2n) is 4.92. The quantitative estimate of drug-likeness (QED) is 0.872. The monoisotopic (exact) mass is 239 g/mol. The van der Waals surface area contributed by atoms with Gasteiger partial charge in [0.25, 0.3) is 0 Å². The molecule has 5 unspecified atom stereocenters. The van der Waals surface area contributed by atoms with Gasteiger partial charge >= 0.3 is 0 Å². The lowest BCUT2D eigenvalue weighted by Crippen LogP contribution is -2.15. The molecule has 2 rings (SSSR count). The van der Waals surface area contributed by atoms with E-state index in [1.165, 1.54) is 0 Å². The van der Waals surface area contributed by atoms with Crippen LogP contribution in [0.4, 0.5) is 0 Å². The Morgan fingerprint density at radius 1 is 1.18 bits per heavy atom. The van der Waals surface area contributed by atoms with Crippen molar-refractivity contribution in [1.82, 2.24) is 15.5 Å². The molecule has 0 aliphatic carbocycles. The van der Waals surface area contributed by atoms with E-state index in [4.69, 9.17) is 9.15 Å². The summed E-state index contributed by atoms with van der Waals surface area (Å²) < 4.78 is 11.5. The van der Waals surface area contributed by atoms with Crippen LogP contribution in [0.5, 0.6) is 0 Å². The van der Waals surface area contributed by atoms with Gasteiger partial charge in [0, 0.05) is 0 Å².